The molecular formula is C13H18O4. The predicted octanol–water partition coefficient (Wildman–Crippen LogP) is 2.11. The second-order valence-electron chi connectivity index (χ2n) is 3.55. The Morgan fingerprint density at radius 3 is 2.00 bits per heavy atom. The first-order chi connectivity index (χ1) is 8.12. The molecule has 0 fully saturated rings. The molecule has 1 aromatic rings. The van der Waals surface area contributed by atoms with Gasteiger partial charge in [-0.25, -0.2) is 0 Å². The molecule has 1 N–H and O–H groups in total. The molecule has 0 heterocycles. The molecule has 0 saturated heterocycles. The molecule has 1 rings (SSSR count). The standard InChI is InChI=1S/C13H18O4/c1-9(14)5-6-10-7-12(16-3)13(17-4)8-11(10)15-2/h5-9,14H,1-4H3. The zero-order valence-corrected chi connectivity index (χ0v) is 10.6. The Bertz CT molecular complexity index is 397. The highest BCUT2D eigenvalue weighted by Gasteiger charge is 2.09. The third-order valence-electron chi connectivity index (χ3n) is 2.29. The minimum absolute atomic E-state index is 0.507. The second-order valence-corrected chi connectivity index (χ2v) is 3.55. The lowest BCUT2D eigenvalue weighted by molar-refractivity contribution is 0.245. The van der Waals surface area contributed by atoms with Gasteiger partial charge in [-0.2, -0.15) is 0 Å². The molecule has 0 aliphatic rings. The van der Waals surface area contributed by atoms with E-state index in [0.29, 0.717) is 17.2 Å². The minimum atomic E-state index is -0.507. The molecule has 17 heavy (non-hydrogen) atoms. The van der Waals surface area contributed by atoms with E-state index >= 15 is 0 Å². The number of methoxy groups -OCH3 is 3. The molecule has 4 heteroatoms. The van der Waals surface area contributed by atoms with Crippen molar-refractivity contribution in [1.29, 1.82) is 0 Å². The molecule has 0 bridgehead atoms. The highest BCUT2D eigenvalue weighted by atomic mass is 16.5. The van der Waals surface area contributed by atoms with Crippen LogP contribution in [0.5, 0.6) is 17.2 Å². The van der Waals surface area contributed by atoms with Crippen molar-refractivity contribution < 1.29 is 19.3 Å². The summed E-state index contributed by atoms with van der Waals surface area (Å²) in [6.45, 7) is 1.68. The van der Waals surface area contributed by atoms with Gasteiger partial charge in [0.2, 0.25) is 0 Å². The van der Waals surface area contributed by atoms with E-state index in [1.807, 2.05) is 0 Å². The summed E-state index contributed by atoms with van der Waals surface area (Å²) >= 11 is 0. The van der Waals surface area contributed by atoms with Crippen molar-refractivity contribution in [3.8, 4) is 17.2 Å². The molecule has 0 spiro atoms. The summed E-state index contributed by atoms with van der Waals surface area (Å²) < 4.78 is 15.6. The van der Waals surface area contributed by atoms with Crippen molar-refractivity contribution in [2.75, 3.05) is 21.3 Å². The molecule has 0 radical (unpaired) electrons. The van der Waals surface area contributed by atoms with E-state index in [9.17, 15) is 5.11 Å². The minimum Gasteiger partial charge on any atom is -0.496 e. The molecule has 0 amide bonds. The maximum absolute atomic E-state index is 9.22. The van der Waals surface area contributed by atoms with Crippen LogP contribution in [-0.2, 0) is 0 Å². The van der Waals surface area contributed by atoms with E-state index in [2.05, 4.69) is 0 Å². The SMILES string of the molecule is COc1cc(OC)c(OC)cc1C=CC(C)O. The molecule has 1 unspecified atom stereocenters. The molecule has 1 atom stereocenters. The predicted molar refractivity (Wildman–Crippen MR) is 66.8 cm³/mol. The van der Waals surface area contributed by atoms with Crippen LogP contribution in [0.2, 0.25) is 0 Å². The number of ether oxygens (including phenoxy) is 3. The molecule has 0 aromatic heterocycles. The summed E-state index contributed by atoms with van der Waals surface area (Å²) in [4.78, 5) is 0. The van der Waals surface area contributed by atoms with Crippen LogP contribution in [0.4, 0.5) is 0 Å². The van der Waals surface area contributed by atoms with Gasteiger partial charge in [-0.15, -0.1) is 0 Å². The molecule has 0 saturated carbocycles. The van der Waals surface area contributed by atoms with Gasteiger partial charge in [-0.05, 0) is 13.0 Å². The second kappa shape index (κ2) is 6.15. The molecule has 0 aliphatic carbocycles. The van der Waals surface area contributed by atoms with Gasteiger partial charge in [0.25, 0.3) is 0 Å². The van der Waals surface area contributed by atoms with Crippen LogP contribution in [0.25, 0.3) is 6.08 Å². The normalized spacial score (nSPS) is 12.5. The summed E-state index contributed by atoms with van der Waals surface area (Å²) in [6, 6.07) is 3.55. The van der Waals surface area contributed by atoms with Crippen molar-refractivity contribution in [2.45, 2.75) is 13.0 Å². The van der Waals surface area contributed by atoms with Gasteiger partial charge in [0.05, 0.1) is 27.4 Å². The molecule has 4 nitrogen and oxygen atoms in total. The summed E-state index contributed by atoms with van der Waals surface area (Å²) in [5, 5.41) is 9.22. The Balaban J connectivity index is 3.19. The van der Waals surface area contributed by atoms with Gasteiger partial charge in [-0.3, -0.25) is 0 Å². The van der Waals surface area contributed by atoms with Gasteiger partial charge in [-0.1, -0.05) is 12.2 Å². The fraction of sp³-hybridized carbons (Fsp3) is 0.385. The zero-order valence-electron chi connectivity index (χ0n) is 10.6. The monoisotopic (exact) mass is 238 g/mol. The fourth-order valence-corrected chi connectivity index (χ4v) is 1.43. The number of rotatable bonds is 5. The van der Waals surface area contributed by atoms with Crippen molar-refractivity contribution in [3.05, 3.63) is 23.8 Å². The summed E-state index contributed by atoms with van der Waals surface area (Å²) in [7, 11) is 4.73. The molecular weight excluding hydrogens is 220 g/mol. The Kier molecular flexibility index (Phi) is 4.84. The lowest BCUT2D eigenvalue weighted by Gasteiger charge is -2.12. The lowest BCUT2D eigenvalue weighted by atomic mass is 10.1. The van der Waals surface area contributed by atoms with Crippen LogP contribution < -0.4 is 14.2 Å². The molecule has 0 aliphatic heterocycles. The Labute approximate surface area is 101 Å². The number of hydrogen-bond donors (Lipinski definition) is 1. The highest BCUT2D eigenvalue weighted by molar-refractivity contribution is 5.63. The van der Waals surface area contributed by atoms with E-state index < -0.39 is 6.10 Å². The van der Waals surface area contributed by atoms with Gasteiger partial charge < -0.3 is 19.3 Å². The largest absolute Gasteiger partial charge is 0.496 e. The van der Waals surface area contributed by atoms with Crippen molar-refractivity contribution >= 4 is 6.08 Å². The van der Waals surface area contributed by atoms with Crippen LogP contribution in [0.15, 0.2) is 18.2 Å². The van der Waals surface area contributed by atoms with Crippen LogP contribution in [0.1, 0.15) is 12.5 Å². The Morgan fingerprint density at radius 1 is 1.00 bits per heavy atom. The van der Waals surface area contributed by atoms with Crippen LogP contribution in [0.3, 0.4) is 0 Å². The first-order valence-electron chi connectivity index (χ1n) is 5.28. The first kappa shape index (κ1) is 13.4. The topological polar surface area (TPSA) is 47.9 Å². The average molecular weight is 238 g/mol. The van der Waals surface area contributed by atoms with Crippen molar-refractivity contribution in [2.24, 2.45) is 0 Å². The van der Waals surface area contributed by atoms with Gasteiger partial charge in [0.15, 0.2) is 11.5 Å². The number of benzene rings is 1. The summed E-state index contributed by atoms with van der Waals surface area (Å²) in [5.74, 6) is 1.90. The quantitative estimate of drug-likeness (QED) is 0.853. The maximum atomic E-state index is 9.22. The van der Waals surface area contributed by atoms with Gasteiger partial charge in [0.1, 0.15) is 5.75 Å². The molecule has 1 aromatic carbocycles. The van der Waals surface area contributed by atoms with E-state index in [1.54, 1.807) is 52.5 Å². The van der Waals surface area contributed by atoms with Crippen LogP contribution >= 0.6 is 0 Å². The molecule has 94 valence electrons. The maximum Gasteiger partial charge on any atom is 0.164 e. The Hall–Kier alpha value is -1.68. The van der Waals surface area contributed by atoms with Crippen molar-refractivity contribution in [3.63, 3.8) is 0 Å². The smallest absolute Gasteiger partial charge is 0.164 e. The Morgan fingerprint density at radius 2 is 1.53 bits per heavy atom. The van der Waals surface area contributed by atoms with Gasteiger partial charge in [0, 0.05) is 11.6 Å². The van der Waals surface area contributed by atoms with Gasteiger partial charge >= 0.3 is 0 Å². The van der Waals surface area contributed by atoms with E-state index in [4.69, 9.17) is 14.2 Å². The van der Waals surface area contributed by atoms with Crippen LogP contribution in [-0.4, -0.2) is 32.5 Å². The first-order valence-corrected chi connectivity index (χ1v) is 5.28. The van der Waals surface area contributed by atoms with Crippen LogP contribution in [0, 0.1) is 0 Å². The third-order valence-corrected chi connectivity index (χ3v) is 2.29. The summed E-state index contributed by atoms with van der Waals surface area (Å²) in [6.07, 6.45) is 2.95. The average Bonchev–Trinajstić information content (AvgIpc) is 2.34. The zero-order chi connectivity index (χ0) is 12.8. The highest BCUT2D eigenvalue weighted by Crippen LogP contribution is 2.35. The lowest BCUT2D eigenvalue weighted by Crippen LogP contribution is -1.96. The number of hydrogen-bond acceptors (Lipinski definition) is 4. The number of aliphatic hydroxyl groups is 1. The summed E-state index contributed by atoms with van der Waals surface area (Å²) in [5.41, 5.74) is 0.825. The van der Waals surface area contributed by atoms with Crippen molar-refractivity contribution in [1.82, 2.24) is 0 Å². The van der Waals surface area contributed by atoms with E-state index in [0.717, 1.165) is 5.56 Å². The van der Waals surface area contributed by atoms with E-state index in [-0.39, 0.29) is 0 Å². The third kappa shape index (κ3) is 3.39. The number of aliphatic hydroxyl groups excluding tert-OH is 1. The fourth-order valence-electron chi connectivity index (χ4n) is 1.43. The van der Waals surface area contributed by atoms with E-state index in [1.165, 1.54) is 0 Å².